The van der Waals surface area contributed by atoms with E-state index in [1.165, 1.54) is 11.8 Å². The quantitative estimate of drug-likeness (QED) is 0.484. The highest BCUT2D eigenvalue weighted by Crippen LogP contribution is 2.03. The molecule has 1 N–H and O–H groups in total. The zero-order valence-corrected chi connectivity index (χ0v) is 7.51. The van der Waals surface area contributed by atoms with Gasteiger partial charge < -0.3 is 0 Å². The number of amidine groups is 1. The van der Waals surface area contributed by atoms with Crippen LogP contribution in [-0.2, 0) is 0 Å². The van der Waals surface area contributed by atoms with Crippen molar-refractivity contribution in [3.05, 3.63) is 12.2 Å². The summed E-state index contributed by atoms with van der Waals surface area (Å²) in [5.41, 5.74) is 0.681. The summed E-state index contributed by atoms with van der Waals surface area (Å²) in [6.45, 7) is 5.32. The van der Waals surface area contributed by atoms with Crippen molar-refractivity contribution in [2.24, 2.45) is 4.99 Å². The number of halogens is 1. The number of nitrogens with zero attached hydrogens (tertiary/aromatic N) is 1. The molecule has 0 bridgehead atoms. The zero-order chi connectivity index (χ0) is 8.15. The van der Waals surface area contributed by atoms with Crippen LogP contribution in [-0.4, -0.2) is 16.6 Å². The molecule has 10 heavy (non-hydrogen) atoms. The summed E-state index contributed by atoms with van der Waals surface area (Å²) in [4.78, 5) is 3.72. The van der Waals surface area contributed by atoms with Crippen molar-refractivity contribution >= 4 is 33.7 Å². The van der Waals surface area contributed by atoms with E-state index in [0.717, 1.165) is 0 Å². The Kier molecular flexibility index (Phi) is 4.40. The molecule has 0 radical (unpaired) electrons. The molecule has 0 unspecified atom stereocenters. The highest BCUT2D eigenvalue weighted by atomic mass is 35.5. The third-order valence-corrected chi connectivity index (χ3v) is 1.63. The molecule has 4 heteroatoms. The van der Waals surface area contributed by atoms with E-state index < -0.39 is 0 Å². The molecule has 0 aromatic carbocycles. The summed E-state index contributed by atoms with van der Waals surface area (Å²) in [5, 5.41) is 7.62. The average Bonchev–Trinajstić information content (AvgIpc) is 1.87. The first-order valence-electron chi connectivity index (χ1n) is 2.60. The third-order valence-electron chi connectivity index (χ3n) is 0.745. The molecule has 0 heterocycles. The maximum atomic E-state index is 7.11. The van der Waals surface area contributed by atoms with E-state index in [4.69, 9.17) is 17.0 Å². The molecular formula is C6H9ClN2S. The van der Waals surface area contributed by atoms with E-state index >= 15 is 0 Å². The van der Waals surface area contributed by atoms with Gasteiger partial charge in [-0.1, -0.05) is 29.9 Å². The zero-order valence-electron chi connectivity index (χ0n) is 5.94. The van der Waals surface area contributed by atoms with Crippen LogP contribution in [0.5, 0.6) is 0 Å². The molecule has 0 aliphatic rings. The smallest absolute Gasteiger partial charge is 0.181 e. The first-order chi connectivity index (χ1) is 4.57. The molecule has 0 atom stereocenters. The van der Waals surface area contributed by atoms with E-state index in [9.17, 15) is 0 Å². The maximum Gasteiger partial charge on any atom is 0.181 e. The van der Waals surface area contributed by atoms with Crippen LogP contribution in [0.15, 0.2) is 17.1 Å². The maximum absolute atomic E-state index is 7.11. The Morgan fingerprint density at radius 2 is 2.20 bits per heavy atom. The van der Waals surface area contributed by atoms with Crippen LogP contribution in [0, 0.1) is 5.41 Å². The Balaban J connectivity index is 4.16. The summed E-state index contributed by atoms with van der Waals surface area (Å²) in [5.74, 6) is 0. The summed E-state index contributed by atoms with van der Waals surface area (Å²) in [6, 6.07) is 0. The van der Waals surface area contributed by atoms with Crippen LogP contribution in [0.1, 0.15) is 6.92 Å². The van der Waals surface area contributed by atoms with Crippen molar-refractivity contribution < 1.29 is 0 Å². The fraction of sp³-hybridized carbons (Fsp3) is 0.333. The topological polar surface area (TPSA) is 36.2 Å². The van der Waals surface area contributed by atoms with Gasteiger partial charge in [-0.05, 0) is 18.8 Å². The van der Waals surface area contributed by atoms with Crippen LogP contribution in [0.2, 0.25) is 0 Å². The minimum Gasteiger partial charge on any atom is -0.277 e. The summed E-state index contributed by atoms with van der Waals surface area (Å²) >= 11 is 6.83. The number of aliphatic imine (C=N–C) groups is 1. The third kappa shape index (κ3) is 3.69. The van der Waals surface area contributed by atoms with Gasteiger partial charge in [-0.15, -0.1) is 0 Å². The second kappa shape index (κ2) is 4.52. The Labute approximate surface area is 69.9 Å². The van der Waals surface area contributed by atoms with Crippen LogP contribution in [0.3, 0.4) is 0 Å². The lowest BCUT2D eigenvalue weighted by atomic mass is 10.4. The van der Waals surface area contributed by atoms with E-state index in [-0.39, 0.29) is 5.17 Å². The average molecular weight is 177 g/mol. The molecule has 0 saturated heterocycles. The van der Waals surface area contributed by atoms with Crippen molar-refractivity contribution in [2.45, 2.75) is 6.92 Å². The summed E-state index contributed by atoms with van der Waals surface area (Å²) in [7, 11) is 0. The second-order valence-corrected chi connectivity index (χ2v) is 2.85. The predicted molar refractivity (Wildman–Crippen MR) is 49.3 cm³/mol. The molecule has 56 valence electrons. The largest absolute Gasteiger partial charge is 0.277 e. The number of allylic oxidation sites excluding steroid dienone is 1. The second-order valence-electron chi connectivity index (χ2n) is 1.69. The number of nitrogens with one attached hydrogen (secondary N) is 1. The number of hydrogen-bond donors (Lipinski definition) is 1. The van der Waals surface area contributed by atoms with E-state index in [2.05, 4.69) is 11.6 Å². The minimum atomic E-state index is 0.202. The van der Waals surface area contributed by atoms with E-state index in [1.54, 1.807) is 13.2 Å². The van der Waals surface area contributed by atoms with Gasteiger partial charge in [-0.3, -0.25) is 5.41 Å². The number of thioether (sulfide) groups is 1. The fourth-order valence-electron chi connectivity index (χ4n) is 0.230. The molecule has 0 aromatic heterocycles. The molecule has 0 aromatic rings. The van der Waals surface area contributed by atoms with Crippen molar-refractivity contribution in [1.82, 2.24) is 0 Å². The number of rotatable bonds is 1. The SMILES string of the molecule is C=C(C)C(Cl)=NC(=N)SC. The molecule has 0 fully saturated rings. The monoisotopic (exact) mass is 176 g/mol. The first kappa shape index (κ1) is 9.72. The van der Waals surface area contributed by atoms with Crippen molar-refractivity contribution in [1.29, 1.82) is 5.41 Å². The lowest BCUT2D eigenvalue weighted by Crippen LogP contribution is -1.92. The lowest BCUT2D eigenvalue weighted by Gasteiger charge is -1.93. The van der Waals surface area contributed by atoms with Crippen LogP contribution >= 0.6 is 23.4 Å². The van der Waals surface area contributed by atoms with Gasteiger partial charge >= 0.3 is 0 Å². The molecule has 0 rings (SSSR count). The standard InChI is InChI=1S/C6H9ClN2S/c1-4(2)5(7)9-6(8)10-3/h8H,1H2,2-3H3. The van der Waals surface area contributed by atoms with Gasteiger partial charge in [0.1, 0.15) is 5.17 Å². The van der Waals surface area contributed by atoms with E-state index in [0.29, 0.717) is 10.7 Å². The van der Waals surface area contributed by atoms with Crippen LogP contribution in [0.4, 0.5) is 0 Å². The Morgan fingerprint density at radius 3 is 2.50 bits per heavy atom. The molecule has 0 aliphatic heterocycles. The van der Waals surface area contributed by atoms with Gasteiger partial charge in [-0.2, -0.15) is 0 Å². The Morgan fingerprint density at radius 1 is 1.70 bits per heavy atom. The number of hydrogen-bond acceptors (Lipinski definition) is 2. The van der Waals surface area contributed by atoms with Crippen molar-refractivity contribution in [2.75, 3.05) is 6.26 Å². The van der Waals surface area contributed by atoms with Crippen molar-refractivity contribution in [3.8, 4) is 0 Å². The highest BCUT2D eigenvalue weighted by Gasteiger charge is 1.95. The molecule has 0 aliphatic carbocycles. The molecule has 0 spiro atoms. The lowest BCUT2D eigenvalue weighted by molar-refractivity contribution is 1.49. The van der Waals surface area contributed by atoms with E-state index in [1.807, 2.05) is 0 Å². The predicted octanol–water partition coefficient (Wildman–Crippen LogP) is 2.50. The minimum absolute atomic E-state index is 0.202. The fourth-order valence-corrected chi connectivity index (χ4v) is 0.547. The molecule has 0 amide bonds. The van der Waals surface area contributed by atoms with Gasteiger partial charge in [-0.25, -0.2) is 4.99 Å². The van der Waals surface area contributed by atoms with Gasteiger partial charge in [0.15, 0.2) is 5.17 Å². The highest BCUT2D eigenvalue weighted by molar-refractivity contribution is 8.13. The van der Waals surface area contributed by atoms with Crippen LogP contribution < -0.4 is 0 Å². The summed E-state index contributed by atoms with van der Waals surface area (Å²) in [6.07, 6.45) is 1.77. The molecule has 0 saturated carbocycles. The Hall–Kier alpha value is -0.280. The normalized spacial score (nSPS) is 11.3. The molecular weight excluding hydrogens is 168 g/mol. The first-order valence-corrected chi connectivity index (χ1v) is 4.20. The summed E-state index contributed by atoms with van der Waals surface area (Å²) < 4.78 is 0. The van der Waals surface area contributed by atoms with Gasteiger partial charge in [0.25, 0.3) is 0 Å². The van der Waals surface area contributed by atoms with Gasteiger partial charge in [0, 0.05) is 0 Å². The molecule has 2 nitrogen and oxygen atoms in total. The Bertz CT molecular complexity index is 186. The van der Waals surface area contributed by atoms with Crippen molar-refractivity contribution in [3.63, 3.8) is 0 Å². The van der Waals surface area contributed by atoms with Gasteiger partial charge in [0.2, 0.25) is 0 Å². The van der Waals surface area contributed by atoms with Gasteiger partial charge in [0.05, 0.1) is 0 Å². The van der Waals surface area contributed by atoms with Crippen LogP contribution in [0.25, 0.3) is 0 Å².